The number of ether oxygens (including phenoxy) is 2. The summed E-state index contributed by atoms with van der Waals surface area (Å²) in [6.45, 7) is 1.19. The van der Waals surface area contributed by atoms with Crippen molar-refractivity contribution >= 4 is 33.2 Å². The Morgan fingerprint density at radius 3 is 2.60 bits per heavy atom. The average Bonchev–Trinajstić information content (AvgIpc) is 2.48. The van der Waals surface area contributed by atoms with Crippen LogP contribution in [-0.2, 0) is 0 Å². The highest BCUT2D eigenvalue weighted by Gasteiger charge is 2.04. The molecule has 0 unspecified atom stereocenters. The second kappa shape index (κ2) is 7.41. The molecule has 0 fully saturated rings. The van der Waals surface area contributed by atoms with Crippen molar-refractivity contribution in [3.05, 3.63) is 52.0 Å². The molecule has 5 heteroatoms. The van der Waals surface area contributed by atoms with Gasteiger partial charge in [0, 0.05) is 6.54 Å². The minimum absolute atomic E-state index is 0.527. The van der Waals surface area contributed by atoms with Gasteiger partial charge in [-0.15, -0.1) is 0 Å². The summed E-state index contributed by atoms with van der Waals surface area (Å²) in [6, 6.07) is 13.3. The number of anilines is 1. The number of benzene rings is 2. The van der Waals surface area contributed by atoms with Crippen LogP contribution in [0.25, 0.3) is 0 Å². The third-order valence-electron chi connectivity index (χ3n) is 2.70. The summed E-state index contributed by atoms with van der Waals surface area (Å²) in [6.07, 6.45) is 0. The zero-order chi connectivity index (χ0) is 14.4. The molecule has 20 heavy (non-hydrogen) atoms. The highest BCUT2D eigenvalue weighted by Crippen LogP contribution is 2.30. The van der Waals surface area contributed by atoms with Gasteiger partial charge in [0.15, 0.2) is 11.5 Å². The Morgan fingerprint density at radius 1 is 1.10 bits per heavy atom. The van der Waals surface area contributed by atoms with Crippen molar-refractivity contribution in [2.75, 3.05) is 25.6 Å². The van der Waals surface area contributed by atoms with Crippen LogP contribution in [0, 0.1) is 0 Å². The molecule has 0 amide bonds. The van der Waals surface area contributed by atoms with E-state index in [0.717, 1.165) is 21.7 Å². The molecule has 3 nitrogen and oxygen atoms in total. The van der Waals surface area contributed by atoms with Crippen molar-refractivity contribution in [3.8, 4) is 11.5 Å². The van der Waals surface area contributed by atoms with Crippen molar-refractivity contribution in [2.45, 2.75) is 0 Å². The average molecular weight is 357 g/mol. The molecule has 0 aliphatic rings. The maximum atomic E-state index is 6.03. The molecule has 0 heterocycles. The third kappa shape index (κ3) is 3.81. The Balaban J connectivity index is 1.86. The van der Waals surface area contributed by atoms with Crippen LogP contribution in [0.5, 0.6) is 11.5 Å². The number of methoxy groups -OCH3 is 1. The molecule has 0 spiro atoms. The second-order valence-electron chi connectivity index (χ2n) is 4.03. The van der Waals surface area contributed by atoms with E-state index in [9.17, 15) is 0 Å². The van der Waals surface area contributed by atoms with Crippen molar-refractivity contribution in [1.29, 1.82) is 0 Å². The largest absolute Gasteiger partial charge is 0.493 e. The lowest BCUT2D eigenvalue weighted by atomic mass is 10.3. The summed E-state index contributed by atoms with van der Waals surface area (Å²) in [5.74, 6) is 1.47. The van der Waals surface area contributed by atoms with Crippen molar-refractivity contribution in [2.24, 2.45) is 0 Å². The summed E-state index contributed by atoms with van der Waals surface area (Å²) >= 11 is 9.47. The van der Waals surface area contributed by atoms with E-state index in [1.54, 1.807) is 7.11 Å². The Kier molecular flexibility index (Phi) is 5.56. The molecule has 0 aliphatic carbocycles. The summed E-state index contributed by atoms with van der Waals surface area (Å²) < 4.78 is 11.8. The first-order valence-electron chi connectivity index (χ1n) is 6.16. The van der Waals surface area contributed by atoms with Gasteiger partial charge in [-0.1, -0.05) is 29.8 Å². The molecule has 0 atom stereocenters. The number of rotatable bonds is 6. The molecule has 0 saturated heterocycles. The molecule has 106 valence electrons. The lowest BCUT2D eigenvalue weighted by molar-refractivity contribution is 0.306. The maximum Gasteiger partial charge on any atom is 0.161 e. The predicted octanol–water partition coefficient (Wildman–Crippen LogP) is 4.60. The fourth-order valence-electron chi connectivity index (χ4n) is 1.73. The first-order chi connectivity index (χ1) is 9.72. The number of hydrogen-bond donors (Lipinski definition) is 1. The molecular formula is C15H15BrClNO2. The lowest BCUT2D eigenvalue weighted by Crippen LogP contribution is -2.12. The number of halogens is 2. The molecule has 0 bridgehead atoms. The third-order valence-corrected chi connectivity index (χ3v) is 4.09. The molecule has 2 aromatic rings. The molecule has 2 rings (SSSR count). The van der Waals surface area contributed by atoms with Gasteiger partial charge >= 0.3 is 0 Å². The van der Waals surface area contributed by atoms with E-state index in [2.05, 4.69) is 21.2 Å². The SMILES string of the molecule is COc1ccccc1OCCNc1cccc(Cl)c1Br. The quantitative estimate of drug-likeness (QED) is 0.767. The number of nitrogens with one attached hydrogen (secondary N) is 1. The first kappa shape index (κ1) is 15.0. The van der Waals surface area contributed by atoms with Crippen molar-refractivity contribution in [3.63, 3.8) is 0 Å². The molecule has 1 N–H and O–H groups in total. The minimum Gasteiger partial charge on any atom is -0.493 e. The fraction of sp³-hybridized carbons (Fsp3) is 0.200. The van der Waals surface area contributed by atoms with Gasteiger partial charge in [0.1, 0.15) is 6.61 Å². The predicted molar refractivity (Wildman–Crippen MR) is 86.1 cm³/mol. The van der Waals surface area contributed by atoms with Gasteiger partial charge in [0.2, 0.25) is 0 Å². The van der Waals surface area contributed by atoms with Crippen molar-refractivity contribution in [1.82, 2.24) is 0 Å². The zero-order valence-corrected chi connectivity index (χ0v) is 13.4. The maximum absolute atomic E-state index is 6.03. The number of para-hydroxylation sites is 2. The summed E-state index contributed by atoms with van der Waals surface area (Å²) in [5, 5.41) is 3.95. The van der Waals surface area contributed by atoms with Gasteiger partial charge in [-0.25, -0.2) is 0 Å². The normalized spacial score (nSPS) is 10.2. The summed E-state index contributed by atoms with van der Waals surface area (Å²) in [4.78, 5) is 0. The minimum atomic E-state index is 0.527. The van der Waals surface area contributed by atoms with E-state index in [1.807, 2.05) is 42.5 Å². The molecule has 0 aliphatic heterocycles. The highest BCUT2D eigenvalue weighted by molar-refractivity contribution is 9.10. The van der Waals surface area contributed by atoms with Crippen LogP contribution < -0.4 is 14.8 Å². The summed E-state index contributed by atoms with van der Waals surface area (Å²) in [5.41, 5.74) is 0.945. The molecule has 0 saturated carbocycles. The van der Waals surface area contributed by atoms with E-state index in [4.69, 9.17) is 21.1 Å². The van der Waals surface area contributed by atoms with E-state index in [-0.39, 0.29) is 0 Å². The van der Waals surface area contributed by atoms with Crippen LogP contribution in [0.1, 0.15) is 0 Å². The van der Waals surface area contributed by atoms with Gasteiger partial charge in [-0.05, 0) is 40.2 Å². The van der Waals surface area contributed by atoms with Crippen LogP contribution in [0.2, 0.25) is 5.02 Å². The summed E-state index contributed by atoms with van der Waals surface area (Å²) in [7, 11) is 1.63. The van der Waals surface area contributed by atoms with Gasteiger partial charge < -0.3 is 14.8 Å². The number of hydrogen-bond acceptors (Lipinski definition) is 3. The van der Waals surface area contributed by atoms with E-state index >= 15 is 0 Å². The Bertz CT molecular complexity index is 578. The highest BCUT2D eigenvalue weighted by atomic mass is 79.9. The van der Waals surface area contributed by atoms with Crippen LogP contribution in [0.15, 0.2) is 46.9 Å². The van der Waals surface area contributed by atoms with Crippen LogP contribution in [0.3, 0.4) is 0 Å². The Labute approximate surface area is 132 Å². The Morgan fingerprint density at radius 2 is 1.85 bits per heavy atom. The van der Waals surface area contributed by atoms with Crippen LogP contribution in [0.4, 0.5) is 5.69 Å². The zero-order valence-electron chi connectivity index (χ0n) is 11.0. The smallest absolute Gasteiger partial charge is 0.161 e. The molecule has 2 aromatic carbocycles. The fourth-order valence-corrected chi connectivity index (χ4v) is 2.30. The van der Waals surface area contributed by atoms with Gasteiger partial charge in [-0.3, -0.25) is 0 Å². The van der Waals surface area contributed by atoms with Crippen LogP contribution in [-0.4, -0.2) is 20.3 Å². The standard InChI is InChI=1S/C15H15BrClNO2/c1-19-13-7-2-3-8-14(13)20-10-9-18-12-6-4-5-11(17)15(12)16/h2-8,18H,9-10H2,1H3. The monoisotopic (exact) mass is 355 g/mol. The second-order valence-corrected chi connectivity index (χ2v) is 5.23. The van der Waals surface area contributed by atoms with Gasteiger partial charge in [0.05, 0.1) is 22.3 Å². The van der Waals surface area contributed by atoms with Crippen molar-refractivity contribution < 1.29 is 9.47 Å². The van der Waals surface area contributed by atoms with Gasteiger partial charge in [-0.2, -0.15) is 0 Å². The Hall–Kier alpha value is -1.39. The molecule has 0 aromatic heterocycles. The lowest BCUT2D eigenvalue weighted by Gasteiger charge is -2.12. The topological polar surface area (TPSA) is 30.5 Å². The van der Waals surface area contributed by atoms with E-state index in [0.29, 0.717) is 18.2 Å². The van der Waals surface area contributed by atoms with E-state index in [1.165, 1.54) is 0 Å². The van der Waals surface area contributed by atoms with E-state index < -0.39 is 0 Å². The molecular weight excluding hydrogens is 342 g/mol. The molecule has 0 radical (unpaired) electrons. The van der Waals surface area contributed by atoms with Gasteiger partial charge in [0.25, 0.3) is 0 Å². The first-order valence-corrected chi connectivity index (χ1v) is 7.33. The van der Waals surface area contributed by atoms with Crippen LogP contribution >= 0.6 is 27.5 Å².